The third-order valence-corrected chi connectivity index (χ3v) is 7.46. The van der Waals surface area contributed by atoms with E-state index in [4.69, 9.17) is 4.52 Å². The first-order chi connectivity index (χ1) is 16.5. The van der Waals surface area contributed by atoms with Gasteiger partial charge in [-0.15, -0.1) is 0 Å². The monoisotopic (exact) mass is 480 g/mol. The van der Waals surface area contributed by atoms with E-state index in [1.165, 1.54) is 12.0 Å². The van der Waals surface area contributed by atoms with Crippen LogP contribution in [0.2, 0.25) is 0 Å². The molecule has 1 aromatic carbocycles. The molecule has 2 aliphatic carbocycles. The van der Waals surface area contributed by atoms with Crippen LogP contribution in [0.3, 0.4) is 0 Å². The number of rotatable bonds is 10. The number of nitrogens with one attached hydrogen (secondary N) is 1. The maximum Gasteiger partial charge on any atom is 0.303 e. The van der Waals surface area contributed by atoms with E-state index < -0.39 is 5.97 Å². The summed E-state index contributed by atoms with van der Waals surface area (Å²) in [5.74, 6) is 1.30. The molecule has 1 unspecified atom stereocenters. The number of aliphatic carboxylic acids is 1. The van der Waals surface area contributed by atoms with Crippen molar-refractivity contribution >= 4 is 17.6 Å². The molecule has 2 fully saturated rings. The van der Waals surface area contributed by atoms with Gasteiger partial charge >= 0.3 is 5.97 Å². The van der Waals surface area contributed by atoms with E-state index >= 15 is 0 Å². The van der Waals surface area contributed by atoms with E-state index in [9.17, 15) is 14.7 Å². The summed E-state index contributed by atoms with van der Waals surface area (Å²) >= 11 is 0. The van der Waals surface area contributed by atoms with Gasteiger partial charge in [-0.1, -0.05) is 43.6 Å². The molecule has 1 amide bonds. The first-order valence-corrected chi connectivity index (χ1v) is 13.1. The third-order valence-electron chi connectivity index (χ3n) is 7.46. The van der Waals surface area contributed by atoms with Gasteiger partial charge in [-0.3, -0.25) is 9.59 Å². The molecular weight excluding hydrogens is 440 g/mol. The van der Waals surface area contributed by atoms with Crippen LogP contribution in [0.1, 0.15) is 118 Å². The predicted molar refractivity (Wildman–Crippen MR) is 137 cm³/mol. The first-order valence-electron chi connectivity index (χ1n) is 13.1. The lowest BCUT2D eigenvalue weighted by molar-refractivity contribution is -0.137. The average molecular weight is 481 g/mol. The van der Waals surface area contributed by atoms with Crippen molar-refractivity contribution in [2.75, 3.05) is 5.32 Å². The molecule has 1 aromatic heterocycles. The van der Waals surface area contributed by atoms with Crippen LogP contribution in [0.25, 0.3) is 0 Å². The Morgan fingerprint density at radius 1 is 1.17 bits per heavy atom. The normalized spacial score (nSPS) is 20.8. The van der Waals surface area contributed by atoms with Crippen LogP contribution in [-0.4, -0.2) is 22.1 Å². The summed E-state index contributed by atoms with van der Waals surface area (Å²) in [5, 5.41) is 16.9. The highest BCUT2D eigenvalue weighted by Crippen LogP contribution is 2.53. The Labute approximate surface area is 208 Å². The quantitative estimate of drug-likeness (QED) is 0.379. The van der Waals surface area contributed by atoms with E-state index in [2.05, 4.69) is 31.2 Å². The molecule has 190 valence electrons. The minimum Gasteiger partial charge on any atom is -0.481 e. The number of amides is 1. The van der Waals surface area contributed by atoms with Gasteiger partial charge in [-0.05, 0) is 81.3 Å². The summed E-state index contributed by atoms with van der Waals surface area (Å²) in [5.41, 5.74) is 5.27. The molecular formula is C29H40N2O4. The van der Waals surface area contributed by atoms with Gasteiger partial charge in [0.2, 0.25) is 5.91 Å². The Kier molecular flexibility index (Phi) is 7.39. The minimum atomic E-state index is -0.856. The van der Waals surface area contributed by atoms with Gasteiger partial charge in [0.05, 0.1) is 5.69 Å². The first kappa shape index (κ1) is 25.5. The summed E-state index contributed by atoms with van der Waals surface area (Å²) in [4.78, 5) is 24.4. The molecule has 0 bridgehead atoms. The lowest BCUT2D eigenvalue weighted by Crippen LogP contribution is -2.26. The Hall–Kier alpha value is -2.63. The molecule has 2 N–H and O–H groups in total. The third kappa shape index (κ3) is 6.53. The van der Waals surface area contributed by atoms with Crippen LogP contribution in [0.4, 0.5) is 5.69 Å². The zero-order chi connectivity index (χ0) is 25.3. The lowest BCUT2D eigenvalue weighted by Gasteiger charge is -2.38. The van der Waals surface area contributed by atoms with E-state index in [1.807, 2.05) is 32.0 Å². The molecule has 0 spiro atoms. The van der Waals surface area contributed by atoms with Gasteiger partial charge in [0, 0.05) is 35.9 Å². The number of carboxylic acids is 1. The van der Waals surface area contributed by atoms with E-state index in [-0.39, 0.29) is 24.7 Å². The van der Waals surface area contributed by atoms with Gasteiger partial charge < -0.3 is 14.9 Å². The molecule has 4 rings (SSSR count). The number of nitrogens with zero attached hydrogens (tertiary/aromatic N) is 1. The second kappa shape index (κ2) is 10.2. The average Bonchev–Trinajstić information content (AvgIpc) is 3.47. The highest BCUT2D eigenvalue weighted by molar-refractivity contribution is 5.92. The van der Waals surface area contributed by atoms with Crippen molar-refractivity contribution in [3.63, 3.8) is 0 Å². The van der Waals surface area contributed by atoms with Crippen LogP contribution < -0.4 is 5.32 Å². The smallest absolute Gasteiger partial charge is 0.303 e. The van der Waals surface area contributed by atoms with Crippen molar-refractivity contribution in [1.29, 1.82) is 0 Å². The fraction of sp³-hybridized carbons (Fsp3) is 0.621. The number of benzene rings is 1. The maximum absolute atomic E-state index is 13.0. The Morgan fingerprint density at radius 2 is 1.89 bits per heavy atom. The zero-order valence-corrected chi connectivity index (χ0v) is 21.8. The molecule has 0 radical (unpaired) electrons. The lowest BCUT2D eigenvalue weighted by atomic mass is 9.66. The van der Waals surface area contributed by atoms with Crippen molar-refractivity contribution in [2.45, 2.75) is 104 Å². The molecule has 0 aliphatic heterocycles. The van der Waals surface area contributed by atoms with E-state index in [1.54, 1.807) is 0 Å². The topological polar surface area (TPSA) is 92.4 Å². The van der Waals surface area contributed by atoms with Gasteiger partial charge in [0.15, 0.2) is 0 Å². The van der Waals surface area contributed by atoms with Crippen LogP contribution in [0.5, 0.6) is 0 Å². The Bertz CT molecular complexity index is 1070. The van der Waals surface area contributed by atoms with Crippen LogP contribution in [0.15, 0.2) is 22.7 Å². The van der Waals surface area contributed by atoms with Crippen molar-refractivity contribution in [3.8, 4) is 0 Å². The standard InChI is InChI=1S/C29H40N2O4/c1-17-6-10-23(18(2)12-17)30-24(32)15-21(9-11-25(33)34)27-26(20-7-8-20)28(35-31-27)22-13-19(14-22)16-29(3,4)5/h6,10,12,19-22H,7-9,11,13-16H2,1-5H3,(H,30,32)(H,33,34). The zero-order valence-electron chi connectivity index (χ0n) is 21.8. The number of carboxylic acid groups (broad SMARTS) is 1. The van der Waals surface area contributed by atoms with Crippen molar-refractivity contribution in [1.82, 2.24) is 5.16 Å². The van der Waals surface area contributed by atoms with Gasteiger partial charge in [-0.2, -0.15) is 0 Å². The van der Waals surface area contributed by atoms with E-state index in [0.29, 0.717) is 29.6 Å². The molecule has 35 heavy (non-hydrogen) atoms. The molecule has 1 heterocycles. The molecule has 2 aliphatic rings. The predicted octanol–water partition coefficient (Wildman–Crippen LogP) is 7.08. The SMILES string of the molecule is Cc1ccc(NC(=O)CC(CCC(=O)O)c2noc(C3CC(CC(C)(C)C)C3)c2C2CC2)c(C)c1. The van der Waals surface area contributed by atoms with Crippen molar-refractivity contribution in [3.05, 3.63) is 46.3 Å². The van der Waals surface area contributed by atoms with Crippen molar-refractivity contribution in [2.24, 2.45) is 11.3 Å². The van der Waals surface area contributed by atoms with Crippen LogP contribution in [0, 0.1) is 25.2 Å². The highest BCUT2D eigenvalue weighted by Gasteiger charge is 2.42. The molecule has 2 saturated carbocycles. The fourth-order valence-electron chi connectivity index (χ4n) is 5.69. The highest BCUT2D eigenvalue weighted by atomic mass is 16.5. The van der Waals surface area contributed by atoms with E-state index in [0.717, 1.165) is 54.0 Å². The molecule has 2 aromatic rings. The summed E-state index contributed by atoms with van der Waals surface area (Å²) in [7, 11) is 0. The molecule has 6 heteroatoms. The molecule has 1 atom stereocenters. The van der Waals surface area contributed by atoms with Gasteiger partial charge in [0.25, 0.3) is 0 Å². The van der Waals surface area contributed by atoms with Crippen molar-refractivity contribution < 1.29 is 19.2 Å². The number of aromatic nitrogens is 1. The largest absolute Gasteiger partial charge is 0.481 e. The number of carbonyl (C=O) groups excluding carboxylic acids is 1. The summed E-state index contributed by atoms with van der Waals surface area (Å²) < 4.78 is 5.97. The Morgan fingerprint density at radius 3 is 2.49 bits per heavy atom. The van der Waals surface area contributed by atoms with Crippen LogP contribution in [-0.2, 0) is 9.59 Å². The second-order valence-corrected chi connectivity index (χ2v) is 12.1. The number of hydrogen-bond acceptors (Lipinski definition) is 4. The van der Waals surface area contributed by atoms with Gasteiger partial charge in [-0.25, -0.2) is 0 Å². The summed E-state index contributed by atoms with van der Waals surface area (Å²) in [6.45, 7) is 10.9. The summed E-state index contributed by atoms with van der Waals surface area (Å²) in [6.07, 6.45) is 6.26. The minimum absolute atomic E-state index is 0.00485. The Balaban J connectivity index is 1.51. The maximum atomic E-state index is 13.0. The number of carbonyl (C=O) groups is 2. The number of aryl methyl sites for hydroxylation is 2. The fourth-order valence-corrected chi connectivity index (χ4v) is 5.69. The second-order valence-electron chi connectivity index (χ2n) is 12.1. The number of hydrogen-bond donors (Lipinski definition) is 2. The molecule has 6 nitrogen and oxygen atoms in total. The molecule has 0 saturated heterocycles. The van der Waals surface area contributed by atoms with Crippen LogP contribution >= 0.6 is 0 Å². The van der Waals surface area contributed by atoms with Gasteiger partial charge in [0.1, 0.15) is 5.76 Å². The number of anilines is 1. The summed E-state index contributed by atoms with van der Waals surface area (Å²) in [6, 6.07) is 5.94.